The zero-order chi connectivity index (χ0) is 93.0. The lowest BCUT2D eigenvalue weighted by atomic mass is 9.97. The molecule has 5 heterocycles. The van der Waals surface area contributed by atoms with Gasteiger partial charge in [0.1, 0.15) is 11.1 Å². The van der Waals surface area contributed by atoms with Crippen LogP contribution < -0.4 is 28.4 Å². The molecule has 698 valence electrons. The first-order chi connectivity index (χ1) is 61.1. The standard InChI is InChI=1S/C108H140F10N4O6/c1-65(2)25-19-31-71(13)49-55-123-91-61-77(62-92(124-56-50-72(14)32-20-26-66(3)4)107(91)127-59-53-75(17)35-23-29-69(9)10)95-87-45-41-83(119-87)79(37-39-81-97(109)101(113)105(117)102(114)98(81)110)85-43-47-89(121-85)96(90-48-44-86(122-90)80(84-42-46-88(95)120-84)38-40-82-99(111)103(115)106(118)104(116)100(82)112)78-63-93(125-57-51-73(15)33-21-27-67(5)6)108(128-60-54-76(18)36-24-30-70(11)12)94(64-78)126-58-52-74(16)34-22-28-68(7)8/h41-48,61-76,119,122H,19-36,49-60H2,1-18H3. The van der Waals surface area contributed by atoms with Crippen LogP contribution in [0.5, 0.6) is 34.5 Å². The van der Waals surface area contributed by atoms with Crippen molar-refractivity contribution < 1.29 is 72.3 Å². The average molecular weight is 1780 g/mol. The van der Waals surface area contributed by atoms with E-state index in [4.69, 9.17) is 38.4 Å². The summed E-state index contributed by atoms with van der Waals surface area (Å²) in [6, 6.07) is 14.0. The lowest BCUT2D eigenvalue weighted by Gasteiger charge is -2.21. The van der Waals surface area contributed by atoms with Gasteiger partial charge < -0.3 is 38.4 Å². The molecule has 6 unspecified atom stereocenters. The molecule has 0 radical (unpaired) electrons. The summed E-state index contributed by atoms with van der Waals surface area (Å²) in [4.78, 5) is 17.7. The Kier molecular flexibility index (Phi) is 40.2. The predicted molar refractivity (Wildman–Crippen MR) is 502 cm³/mol. The Morgan fingerprint density at radius 2 is 0.461 bits per heavy atom. The lowest BCUT2D eigenvalue weighted by Crippen LogP contribution is -2.11. The first kappa shape index (κ1) is 102. The van der Waals surface area contributed by atoms with Gasteiger partial charge in [-0.05, 0) is 194 Å². The number of hydrogen-bond acceptors (Lipinski definition) is 8. The Balaban J connectivity index is 1.40. The van der Waals surface area contributed by atoms with Crippen molar-refractivity contribution in [1.29, 1.82) is 0 Å². The summed E-state index contributed by atoms with van der Waals surface area (Å²) in [6.45, 7) is 41.6. The molecule has 0 spiro atoms. The minimum atomic E-state index is -2.36. The van der Waals surface area contributed by atoms with Crippen LogP contribution in [0.4, 0.5) is 43.9 Å². The number of rotatable bonds is 50. The van der Waals surface area contributed by atoms with Crippen LogP contribution in [0.1, 0.15) is 324 Å². The highest BCUT2D eigenvalue weighted by molar-refractivity contribution is 5.96. The van der Waals surface area contributed by atoms with E-state index in [1.165, 1.54) is 0 Å². The van der Waals surface area contributed by atoms with Gasteiger partial charge >= 0.3 is 0 Å². The third-order valence-electron chi connectivity index (χ3n) is 24.5. The second kappa shape index (κ2) is 50.2. The summed E-state index contributed by atoms with van der Waals surface area (Å²) < 4.78 is 198. The summed E-state index contributed by atoms with van der Waals surface area (Å²) >= 11 is 0. The highest BCUT2D eigenvalue weighted by Crippen LogP contribution is 2.48. The Morgan fingerprint density at radius 3 is 0.703 bits per heavy atom. The van der Waals surface area contributed by atoms with E-state index in [0.717, 1.165) is 128 Å². The second-order valence-corrected chi connectivity index (χ2v) is 38.9. The molecule has 3 aromatic heterocycles. The van der Waals surface area contributed by atoms with Crippen LogP contribution in [0.25, 0.3) is 68.6 Å². The third-order valence-corrected chi connectivity index (χ3v) is 24.5. The van der Waals surface area contributed by atoms with Crippen LogP contribution in [0, 0.1) is 153 Å². The van der Waals surface area contributed by atoms with Crippen LogP contribution in [-0.4, -0.2) is 59.6 Å². The molecule has 6 atom stereocenters. The normalized spacial score (nSPS) is 13.5. The number of nitrogens with zero attached hydrogens (tertiary/aromatic N) is 2. The van der Waals surface area contributed by atoms with Crippen LogP contribution in [0.3, 0.4) is 0 Å². The van der Waals surface area contributed by atoms with Crippen LogP contribution in [0.2, 0.25) is 0 Å². The number of aromatic amines is 2. The van der Waals surface area contributed by atoms with E-state index in [9.17, 15) is 8.78 Å². The van der Waals surface area contributed by atoms with E-state index >= 15 is 35.1 Å². The van der Waals surface area contributed by atoms with Gasteiger partial charge in [-0.15, -0.1) is 0 Å². The molecule has 2 aliphatic rings. The van der Waals surface area contributed by atoms with Crippen molar-refractivity contribution in [2.45, 2.75) is 279 Å². The summed E-state index contributed by atoms with van der Waals surface area (Å²) in [7, 11) is 0. The van der Waals surface area contributed by atoms with Gasteiger partial charge in [0.2, 0.25) is 23.1 Å². The van der Waals surface area contributed by atoms with E-state index in [-0.39, 0.29) is 95.0 Å². The molecule has 128 heavy (non-hydrogen) atoms. The molecule has 8 bridgehead atoms. The maximum Gasteiger partial charge on any atom is 0.203 e. The fourth-order valence-electron chi connectivity index (χ4n) is 16.2. The molecule has 20 heteroatoms. The van der Waals surface area contributed by atoms with E-state index in [0.29, 0.717) is 154 Å². The van der Waals surface area contributed by atoms with Crippen LogP contribution in [-0.2, 0) is 0 Å². The largest absolute Gasteiger partial charge is 0.490 e. The number of halogens is 10. The average Bonchev–Trinajstić information content (AvgIpc) is 1.58. The molecule has 2 N–H and O–H groups in total. The molecule has 7 aromatic rings. The molecule has 10 nitrogen and oxygen atoms in total. The fourth-order valence-corrected chi connectivity index (χ4v) is 16.2. The zero-order valence-electron chi connectivity index (χ0n) is 79.2. The van der Waals surface area contributed by atoms with Gasteiger partial charge in [-0.2, -0.15) is 0 Å². The Bertz CT molecular complexity index is 4720. The lowest BCUT2D eigenvalue weighted by molar-refractivity contribution is 0.216. The number of ether oxygens (including phenoxy) is 6. The quantitative estimate of drug-likeness (QED) is 0.0168. The SMILES string of the molecule is CC(C)CCCC(C)CCOc1cc(-c2c3nc(c(C#Cc4c(F)c(F)c(F)c(F)c4F)c4ccc([nH]4)c(-c4cc(OCCC(C)CCCC(C)C)c(OCCC(C)CCCC(C)C)c(OCCC(C)CCCC(C)C)c4)c4nc(c(C#Cc5c(F)c(F)c(F)c(F)c5F)c5ccc2[nH]5)C=C4)C=C3)cc(OCCC(C)CCCC(C)C)c1OCCC(C)CCCC(C)C. The van der Waals surface area contributed by atoms with Crippen molar-refractivity contribution in [2.75, 3.05) is 39.6 Å². The zero-order valence-corrected chi connectivity index (χ0v) is 79.2. The summed E-state index contributed by atoms with van der Waals surface area (Å²) in [5, 5.41) is 0. The van der Waals surface area contributed by atoms with Crippen molar-refractivity contribution in [3.8, 4) is 80.4 Å². The van der Waals surface area contributed by atoms with Gasteiger partial charge in [0.25, 0.3) is 0 Å². The molecule has 2 aliphatic heterocycles. The molecule has 4 aromatic carbocycles. The van der Waals surface area contributed by atoms with Crippen molar-refractivity contribution in [2.24, 2.45) is 71.0 Å². The number of nitrogens with one attached hydrogen (secondary N) is 2. The van der Waals surface area contributed by atoms with Crippen molar-refractivity contribution >= 4 is 46.4 Å². The maximum atomic E-state index is 16.1. The Labute approximate surface area is 756 Å². The number of hydrogen-bond donors (Lipinski definition) is 2. The molecule has 9 rings (SSSR count). The van der Waals surface area contributed by atoms with Crippen LogP contribution in [0.15, 0.2) is 48.5 Å². The topological polar surface area (TPSA) is 113 Å². The molecule has 0 aliphatic carbocycles. The second-order valence-electron chi connectivity index (χ2n) is 38.9. The Morgan fingerprint density at radius 1 is 0.250 bits per heavy atom. The highest BCUT2D eigenvalue weighted by atomic mass is 19.2. The molecular formula is C108H140F10N4O6. The fraction of sp³-hybridized carbons (Fsp3) is 0.556. The van der Waals surface area contributed by atoms with Gasteiger partial charge in [0.15, 0.2) is 69.5 Å². The number of fused-ring (bicyclic) bond motifs is 8. The van der Waals surface area contributed by atoms with Gasteiger partial charge in [-0.3, -0.25) is 0 Å². The first-order valence-electron chi connectivity index (χ1n) is 47.4. The summed E-state index contributed by atoms with van der Waals surface area (Å²) in [5.74, 6) is -4.49. The number of aromatic nitrogens is 4. The summed E-state index contributed by atoms with van der Waals surface area (Å²) in [5.41, 5.74) is 0.140. The minimum absolute atomic E-state index is 0.0555. The molecule has 0 saturated heterocycles. The van der Waals surface area contributed by atoms with Crippen molar-refractivity contribution in [3.05, 3.63) is 152 Å². The van der Waals surface area contributed by atoms with Crippen molar-refractivity contribution in [3.63, 3.8) is 0 Å². The van der Waals surface area contributed by atoms with Gasteiger partial charge in [-0.25, -0.2) is 53.9 Å². The minimum Gasteiger partial charge on any atom is -0.490 e. The molecule has 0 fully saturated rings. The molecule has 0 amide bonds. The summed E-state index contributed by atoms with van der Waals surface area (Å²) in [6.07, 6.45) is 29.5. The smallest absolute Gasteiger partial charge is 0.203 e. The maximum absolute atomic E-state index is 16.1. The van der Waals surface area contributed by atoms with Gasteiger partial charge in [0, 0.05) is 22.2 Å². The van der Waals surface area contributed by atoms with E-state index in [2.05, 4.69) is 158 Å². The predicted octanol–water partition coefficient (Wildman–Crippen LogP) is 31.6. The van der Waals surface area contributed by atoms with E-state index in [1.807, 2.05) is 24.3 Å². The monoisotopic (exact) mass is 1780 g/mol. The molecule has 0 saturated carbocycles. The number of benzene rings is 4. The van der Waals surface area contributed by atoms with E-state index in [1.54, 1.807) is 48.6 Å². The van der Waals surface area contributed by atoms with Crippen LogP contribution >= 0.6 is 0 Å². The Hall–Kier alpha value is -9.30. The molecular weight excluding hydrogens is 1640 g/mol. The van der Waals surface area contributed by atoms with E-state index < -0.39 is 69.3 Å². The van der Waals surface area contributed by atoms with Gasteiger partial charge in [0.05, 0.1) is 84.6 Å². The highest BCUT2D eigenvalue weighted by Gasteiger charge is 2.30. The van der Waals surface area contributed by atoms with Gasteiger partial charge in [-0.1, -0.05) is 264 Å². The number of H-pyrrole nitrogens is 2. The first-order valence-corrected chi connectivity index (χ1v) is 47.4. The third kappa shape index (κ3) is 29.9. The van der Waals surface area contributed by atoms with Crippen molar-refractivity contribution in [1.82, 2.24) is 19.9 Å².